The fraction of sp³-hybridized carbons (Fsp3) is 0.500. The quantitative estimate of drug-likeness (QED) is 0.683. The summed E-state index contributed by atoms with van der Waals surface area (Å²) in [6.07, 6.45) is 11.6. The number of fused-ring (bicyclic) bond motifs is 6. The van der Waals surface area contributed by atoms with E-state index in [1.807, 2.05) is 0 Å². The van der Waals surface area contributed by atoms with E-state index >= 15 is 0 Å². The summed E-state index contributed by atoms with van der Waals surface area (Å²) in [5.41, 5.74) is 4.54. The third-order valence-electron chi connectivity index (χ3n) is 5.59. The molecule has 1 aromatic heterocycles. The molecular weight excluding hydrogens is 268 g/mol. The van der Waals surface area contributed by atoms with Crippen LogP contribution in [0, 0.1) is 0 Å². The lowest BCUT2D eigenvalue weighted by atomic mass is 9.84. The maximum atomic E-state index is 2.71. The second-order valence-corrected chi connectivity index (χ2v) is 6.85. The Labute approximate surface area is 133 Å². The predicted molar refractivity (Wildman–Crippen MR) is 92.8 cm³/mol. The predicted octanol–water partition coefficient (Wildman–Crippen LogP) is 5.26. The first-order chi connectivity index (χ1) is 10.9. The molecule has 0 saturated carbocycles. The summed E-state index contributed by atoms with van der Waals surface area (Å²) in [4.78, 5) is 2.71. The highest BCUT2D eigenvalue weighted by Crippen LogP contribution is 2.51. The molecule has 2 nitrogen and oxygen atoms in total. The standard InChI is InChI=1S/C20H26N2/c1-2-3-4-7-13-20-14-9-16-22(20)18-11-6-5-10-17(18)21-15-8-12-19(20)21/h5-6,8,10-12,15H,2-4,7,9,13-14,16H2,1H3. The molecule has 2 aliphatic rings. The van der Waals surface area contributed by atoms with E-state index in [-0.39, 0.29) is 5.54 Å². The zero-order valence-corrected chi connectivity index (χ0v) is 13.6. The van der Waals surface area contributed by atoms with Crippen LogP contribution in [0.3, 0.4) is 0 Å². The van der Waals surface area contributed by atoms with Crippen LogP contribution in [0.15, 0.2) is 42.6 Å². The molecule has 1 fully saturated rings. The van der Waals surface area contributed by atoms with Gasteiger partial charge >= 0.3 is 0 Å². The third-order valence-corrected chi connectivity index (χ3v) is 5.59. The summed E-state index contributed by atoms with van der Waals surface area (Å²) in [5.74, 6) is 0. The molecule has 0 bridgehead atoms. The number of benzene rings is 1. The van der Waals surface area contributed by atoms with Crippen molar-refractivity contribution in [1.29, 1.82) is 0 Å². The van der Waals surface area contributed by atoms with Gasteiger partial charge in [0.25, 0.3) is 0 Å². The van der Waals surface area contributed by atoms with Gasteiger partial charge < -0.3 is 9.47 Å². The average molecular weight is 294 g/mol. The fourth-order valence-electron chi connectivity index (χ4n) is 4.59. The van der Waals surface area contributed by atoms with Gasteiger partial charge in [-0.25, -0.2) is 0 Å². The summed E-state index contributed by atoms with van der Waals surface area (Å²) in [6.45, 7) is 3.50. The van der Waals surface area contributed by atoms with Gasteiger partial charge in [-0.2, -0.15) is 0 Å². The van der Waals surface area contributed by atoms with Gasteiger partial charge in [-0.05, 0) is 43.5 Å². The van der Waals surface area contributed by atoms with Gasteiger partial charge in [0.2, 0.25) is 0 Å². The molecular formula is C20H26N2. The van der Waals surface area contributed by atoms with Gasteiger partial charge in [0.15, 0.2) is 0 Å². The van der Waals surface area contributed by atoms with E-state index in [1.54, 1.807) is 0 Å². The number of hydrogen-bond acceptors (Lipinski definition) is 1. The lowest BCUT2D eigenvalue weighted by Gasteiger charge is -2.45. The molecule has 2 aromatic rings. The maximum absolute atomic E-state index is 2.71. The second kappa shape index (κ2) is 5.49. The van der Waals surface area contributed by atoms with Crippen molar-refractivity contribution < 1.29 is 0 Å². The summed E-state index contributed by atoms with van der Waals surface area (Å²) in [6, 6.07) is 13.5. The lowest BCUT2D eigenvalue weighted by Crippen LogP contribution is -2.46. The van der Waals surface area contributed by atoms with Crippen LogP contribution in [0.4, 0.5) is 5.69 Å². The molecule has 0 N–H and O–H groups in total. The van der Waals surface area contributed by atoms with Crippen LogP contribution < -0.4 is 4.90 Å². The first-order valence-corrected chi connectivity index (χ1v) is 8.92. The van der Waals surface area contributed by atoms with E-state index in [1.165, 1.54) is 68.6 Å². The molecule has 22 heavy (non-hydrogen) atoms. The van der Waals surface area contributed by atoms with Crippen LogP contribution in [-0.4, -0.2) is 11.1 Å². The largest absolute Gasteiger partial charge is 0.359 e. The highest BCUT2D eigenvalue weighted by molar-refractivity contribution is 5.69. The monoisotopic (exact) mass is 294 g/mol. The van der Waals surface area contributed by atoms with Crippen molar-refractivity contribution in [1.82, 2.24) is 4.57 Å². The van der Waals surface area contributed by atoms with E-state index < -0.39 is 0 Å². The molecule has 0 amide bonds. The molecule has 1 atom stereocenters. The van der Waals surface area contributed by atoms with Crippen molar-refractivity contribution in [3.8, 4) is 5.69 Å². The Kier molecular flexibility index (Phi) is 3.48. The average Bonchev–Trinajstić information content (AvgIpc) is 3.19. The first kappa shape index (κ1) is 13.9. The van der Waals surface area contributed by atoms with Gasteiger partial charge in [-0.15, -0.1) is 0 Å². The van der Waals surface area contributed by atoms with Crippen LogP contribution in [0.2, 0.25) is 0 Å². The first-order valence-electron chi connectivity index (χ1n) is 8.92. The van der Waals surface area contributed by atoms with Gasteiger partial charge in [0.05, 0.1) is 16.9 Å². The molecule has 3 heterocycles. The van der Waals surface area contributed by atoms with Crippen molar-refractivity contribution in [2.75, 3.05) is 11.4 Å². The minimum absolute atomic E-state index is 0.242. The molecule has 0 radical (unpaired) electrons. The Hall–Kier alpha value is -1.70. The summed E-state index contributed by atoms with van der Waals surface area (Å²) >= 11 is 0. The van der Waals surface area contributed by atoms with E-state index in [2.05, 4.69) is 59.0 Å². The normalized spacial score (nSPS) is 22.3. The van der Waals surface area contributed by atoms with Gasteiger partial charge in [0, 0.05) is 18.4 Å². The van der Waals surface area contributed by atoms with E-state index in [0.29, 0.717) is 0 Å². The summed E-state index contributed by atoms with van der Waals surface area (Å²) in [7, 11) is 0. The number of rotatable bonds is 5. The number of para-hydroxylation sites is 2. The summed E-state index contributed by atoms with van der Waals surface area (Å²) < 4.78 is 2.44. The molecule has 4 rings (SSSR count). The highest BCUT2D eigenvalue weighted by Gasteiger charge is 2.47. The Morgan fingerprint density at radius 3 is 2.73 bits per heavy atom. The molecule has 1 saturated heterocycles. The number of unbranched alkanes of at least 4 members (excludes halogenated alkanes) is 3. The molecule has 0 aliphatic carbocycles. The van der Waals surface area contributed by atoms with Crippen LogP contribution in [0.1, 0.15) is 57.6 Å². The fourth-order valence-corrected chi connectivity index (χ4v) is 4.59. The van der Waals surface area contributed by atoms with Crippen LogP contribution in [0.25, 0.3) is 5.69 Å². The van der Waals surface area contributed by atoms with Crippen molar-refractivity contribution in [3.05, 3.63) is 48.3 Å². The Morgan fingerprint density at radius 1 is 1.00 bits per heavy atom. The molecule has 2 aliphatic heterocycles. The van der Waals surface area contributed by atoms with Crippen LogP contribution >= 0.6 is 0 Å². The zero-order chi connectivity index (χ0) is 15.0. The Morgan fingerprint density at radius 2 is 1.86 bits per heavy atom. The summed E-state index contributed by atoms with van der Waals surface area (Å²) in [5, 5.41) is 0. The Balaban J connectivity index is 1.75. The van der Waals surface area contributed by atoms with E-state index in [0.717, 1.165) is 0 Å². The number of aromatic nitrogens is 1. The molecule has 1 unspecified atom stereocenters. The van der Waals surface area contributed by atoms with Crippen molar-refractivity contribution in [2.45, 2.75) is 57.4 Å². The lowest BCUT2D eigenvalue weighted by molar-refractivity contribution is 0.364. The maximum Gasteiger partial charge on any atom is 0.0808 e. The van der Waals surface area contributed by atoms with Crippen LogP contribution in [0.5, 0.6) is 0 Å². The molecule has 116 valence electrons. The number of anilines is 1. The van der Waals surface area contributed by atoms with Crippen molar-refractivity contribution >= 4 is 5.69 Å². The minimum atomic E-state index is 0.242. The Bertz CT molecular complexity index is 657. The highest BCUT2D eigenvalue weighted by atomic mass is 15.3. The molecule has 0 spiro atoms. The zero-order valence-electron chi connectivity index (χ0n) is 13.6. The van der Waals surface area contributed by atoms with Gasteiger partial charge in [-0.1, -0.05) is 44.7 Å². The number of nitrogens with zero attached hydrogens (tertiary/aromatic N) is 2. The van der Waals surface area contributed by atoms with E-state index in [4.69, 9.17) is 0 Å². The SMILES string of the molecule is CCCCCCC12CCCN1c1ccccc1-n1cccc12. The topological polar surface area (TPSA) is 8.17 Å². The molecule has 2 heteroatoms. The smallest absolute Gasteiger partial charge is 0.0808 e. The van der Waals surface area contributed by atoms with Gasteiger partial charge in [0.1, 0.15) is 0 Å². The van der Waals surface area contributed by atoms with Crippen molar-refractivity contribution in [2.24, 2.45) is 0 Å². The second-order valence-electron chi connectivity index (χ2n) is 6.85. The van der Waals surface area contributed by atoms with Crippen molar-refractivity contribution in [3.63, 3.8) is 0 Å². The number of hydrogen-bond donors (Lipinski definition) is 0. The minimum Gasteiger partial charge on any atom is -0.359 e. The molecule has 1 aromatic carbocycles. The third kappa shape index (κ3) is 1.93. The van der Waals surface area contributed by atoms with Gasteiger partial charge in [-0.3, -0.25) is 0 Å². The van der Waals surface area contributed by atoms with E-state index in [9.17, 15) is 0 Å². The van der Waals surface area contributed by atoms with Crippen LogP contribution in [-0.2, 0) is 5.54 Å².